The second kappa shape index (κ2) is 7.71. The molecular formula is C23H25ClFN5O2. The molecule has 0 radical (unpaired) electrons. The van der Waals surface area contributed by atoms with Crippen LogP contribution in [0.15, 0.2) is 37.1 Å². The third-order valence-electron chi connectivity index (χ3n) is 6.97. The van der Waals surface area contributed by atoms with Crippen molar-refractivity contribution in [3.05, 3.63) is 65.0 Å². The van der Waals surface area contributed by atoms with Crippen molar-refractivity contribution in [1.29, 1.82) is 0 Å². The van der Waals surface area contributed by atoms with E-state index in [0.29, 0.717) is 36.1 Å². The maximum Gasteiger partial charge on any atom is 0.274 e. The summed E-state index contributed by atoms with van der Waals surface area (Å²) in [5.74, 6) is 0.0393. The van der Waals surface area contributed by atoms with Crippen molar-refractivity contribution in [3.8, 4) is 0 Å². The van der Waals surface area contributed by atoms with Crippen LogP contribution < -0.4 is 5.32 Å². The molecule has 9 heteroatoms. The molecule has 1 aromatic carbocycles. The average molecular weight is 458 g/mol. The van der Waals surface area contributed by atoms with E-state index < -0.39 is 11.4 Å². The second-order valence-corrected chi connectivity index (χ2v) is 9.63. The molecule has 5 rings (SSSR count). The lowest BCUT2D eigenvalue weighted by Crippen LogP contribution is -2.24. The van der Waals surface area contributed by atoms with Crippen LogP contribution >= 0.6 is 11.6 Å². The molecule has 2 aliphatic carbocycles. The number of carbonyl (C=O) groups excluding carboxylic acids is 1. The first-order valence-corrected chi connectivity index (χ1v) is 11.1. The topological polar surface area (TPSA) is 85.0 Å². The summed E-state index contributed by atoms with van der Waals surface area (Å²) in [6, 6.07) is 4.10. The Morgan fingerprint density at radius 3 is 2.56 bits per heavy atom. The van der Waals surface area contributed by atoms with Crippen LogP contribution in [-0.4, -0.2) is 30.1 Å². The quantitative estimate of drug-likeness (QED) is 0.620. The molecule has 1 amide bonds. The number of hydrogen-bond acceptors (Lipinski definition) is 4. The molecule has 2 aliphatic rings. The maximum absolute atomic E-state index is 13.4. The first-order valence-electron chi connectivity index (χ1n) is 10.7. The van der Waals surface area contributed by atoms with E-state index in [1.165, 1.54) is 18.2 Å². The fourth-order valence-corrected chi connectivity index (χ4v) is 5.72. The van der Waals surface area contributed by atoms with Gasteiger partial charge >= 0.3 is 0 Å². The van der Waals surface area contributed by atoms with Crippen molar-refractivity contribution in [1.82, 2.24) is 19.1 Å². The van der Waals surface area contributed by atoms with E-state index in [1.807, 2.05) is 17.8 Å². The molecule has 2 heterocycles. The number of carbonyl (C=O) groups is 1. The summed E-state index contributed by atoms with van der Waals surface area (Å²) in [6.45, 7) is 0. The van der Waals surface area contributed by atoms with Gasteiger partial charge in [0, 0.05) is 31.9 Å². The summed E-state index contributed by atoms with van der Waals surface area (Å²) in [4.78, 5) is 22.0. The van der Waals surface area contributed by atoms with E-state index in [9.17, 15) is 14.3 Å². The van der Waals surface area contributed by atoms with Gasteiger partial charge in [0.05, 0.1) is 29.1 Å². The summed E-state index contributed by atoms with van der Waals surface area (Å²) < 4.78 is 17.0. The maximum atomic E-state index is 13.4. The van der Waals surface area contributed by atoms with E-state index >= 15 is 0 Å². The number of imidazole rings is 2. The van der Waals surface area contributed by atoms with E-state index in [0.717, 1.165) is 24.2 Å². The minimum Gasteiger partial charge on any atom is -0.383 e. The highest BCUT2D eigenvalue weighted by atomic mass is 35.5. The van der Waals surface area contributed by atoms with E-state index in [2.05, 4.69) is 15.3 Å². The summed E-state index contributed by atoms with van der Waals surface area (Å²) in [6.07, 6.45) is 8.36. The Balaban J connectivity index is 1.32. The van der Waals surface area contributed by atoms with Gasteiger partial charge in [-0.15, -0.1) is 0 Å². The number of fused-ring (bicyclic) bond motifs is 1. The molecule has 0 saturated heterocycles. The van der Waals surface area contributed by atoms with E-state index in [4.69, 9.17) is 11.6 Å². The molecule has 2 N–H and O–H groups in total. The van der Waals surface area contributed by atoms with Crippen LogP contribution in [-0.2, 0) is 19.7 Å². The second-order valence-electron chi connectivity index (χ2n) is 9.23. The Morgan fingerprint density at radius 1 is 1.22 bits per heavy atom. The number of aromatic nitrogens is 4. The number of amides is 1. The molecule has 7 nitrogen and oxygen atoms in total. The van der Waals surface area contributed by atoms with Crippen LogP contribution in [0.5, 0.6) is 0 Å². The number of nitrogens with zero attached hydrogens (tertiary/aromatic N) is 4. The lowest BCUT2D eigenvalue weighted by Gasteiger charge is -2.22. The number of halogens is 2. The normalized spacial score (nSPS) is 27.0. The molecule has 0 bridgehead atoms. The first kappa shape index (κ1) is 21.2. The Kier molecular flexibility index (Phi) is 5.09. The SMILES string of the molecule is Cn1cnc(C2(O)CC3CC(c4ncn(C)c4C(=O)Nc4ccc(F)c(Cl)c4)CC3C2)c1. The summed E-state index contributed by atoms with van der Waals surface area (Å²) in [7, 11) is 3.69. The van der Waals surface area contributed by atoms with Crippen molar-refractivity contribution in [2.24, 2.45) is 25.9 Å². The van der Waals surface area contributed by atoms with Crippen LogP contribution in [0.4, 0.5) is 10.1 Å². The van der Waals surface area contributed by atoms with Gasteiger partial charge < -0.3 is 19.6 Å². The van der Waals surface area contributed by atoms with Crippen LogP contribution in [0.1, 0.15) is 53.5 Å². The molecule has 2 saturated carbocycles. The highest BCUT2D eigenvalue weighted by Crippen LogP contribution is 2.56. The highest BCUT2D eigenvalue weighted by molar-refractivity contribution is 6.31. The third kappa shape index (κ3) is 3.61. The van der Waals surface area contributed by atoms with Gasteiger partial charge in [0.1, 0.15) is 17.1 Å². The minimum absolute atomic E-state index is 0.0444. The largest absolute Gasteiger partial charge is 0.383 e. The average Bonchev–Trinajstić information content (AvgIpc) is 3.48. The fourth-order valence-electron chi connectivity index (χ4n) is 5.54. The minimum atomic E-state index is -0.881. The molecule has 2 atom stereocenters. The van der Waals surface area contributed by atoms with Gasteiger partial charge in [-0.05, 0) is 55.7 Å². The van der Waals surface area contributed by atoms with Gasteiger partial charge in [-0.2, -0.15) is 0 Å². The third-order valence-corrected chi connectivity index (χ3v) is 7.26. The summed E-state index contributed by atoms with van der Waals surface area (Å²) in [5.41, 5.74) is 1.55. The van der Waals surface area contributed by atoms with Crippen LogP contribution in [0.25, 0.3) is 0 Å². The number of rotatable bonds is 4. The van der Waals surface area contributed by atoms with Gasteiger partial charge in [-0.25, -0.2) is 14.4 Å². The predicted molar refractivity (Wildman–Crippen MR) is 118 cm³/mol. The van der Waals surface area contributed by atoms with Gasteiger partial charge in [0.25, 0.3) is 5.91 Å². The van der Waals surface area contributed by atoms with Crippen LogP contribution in [0.2, 0.25) is 5.02 Å². The zero-order valence-electron chi connectivity index (χ0n) is 17.9. The van der Waals surface area contributed by atoms with Crippen molar-refractivity contribution >= 4 is 23.2 Å². The monoisotopic (exact) mass is 457 g/mol. The molecule has 0 spiro atoms. The Hall–Kier alpha value is -2.71. The number of aryl methyl sites for hydroxylation is 2. The van der Waals surface area contributed by atoms with Crippen molar-refractivity contribution < 1.29 is 14.3 Å². The highest BCUT2D eigenvalue weighted by Gasteiger charge is 2.51. The molecule has 2 aromatic heterocycles. The molecule has 32 heavy (non-hydrogen) atoms. The lowest BCUT2D eigenvalue weighted by atomic mass is 9.90. The van der Waals surface area contributed by atoms with Gasteiger partial charge in [0.15, 0.2) is 0 Å². The summed E-state index contributed by atoms with van der Waals surface area (Å²) >= 11 is 5.84. The number of aliphatic hydroxyl groups is 1. The molecule has 2 unspecified atom stereocenters. The van der Waals surface area contributed by atoms with Crippen molar-refractivity contribution in [3.63, 3.8) is 0 Å². The van der Waals surface area contributed by atoms with Gasteiger partial charge in [-0.3, -0.25) is 4.79 Å². The standard InChI is InChI=1S/C23H25ClFN5O2/c1-29-10-19(26-11-29)23(32)8-14-5-13(6-15(14)9-23)20-21(30(2)12-27-20)22(31)28-16-3-4-18(25)17(24)7-16/h3-4,7,10-15,32H,5-6,8-9H2,1-2H3,(H,28,31). The number of hydrogen-bond donors (Lipinski definition) is 2. The molecule has 0 aliphatic heterocycles. The summed E-state index contributed by atoms with van der Waals surface area (Å²) in [5, 5.41) is 14.0. The number of benzene rings is 1. The van der Waals surface area contributed by atoms with Crippen molar-refractivity contribution in [2.75, 3.05) is 5.32 Å². The zero-order valence-corrected chi connectivity index (χ0v) is 18.7. The first-order chi connectivity index (χ1) is 15.2. The Labute approximate surface area is 190 Å². The zero-order chi connectivity index (χ0) is 22.6. The Bertz CT molecular complexity index is 1180. The van der Waals surface area contributed by atoms with Crippen molar-refractivity contribution in [2.45, 2.75) is 37.2 Å². The van der Waals surface area contributed by atoms with Crippen LogP contribution in [0, 0.1) is 17.7 Å². The Morgan fingerprint density at radius 2 is 1.94 bits per heavy atom. The predicted octanol–water partition coefficient (Wildman–Crippen LogP) is 3.99. The molecular weight excluding hydrogens is 433 g/mol. The fraction of sp³-hybridized carbons (Fsp3) is 0.435. The lowest BCUT2D eigenvalue weighted by molar-refractivity contribution is 0.0304. The van der Waals surface area contributed by atoms with Gasteiger partial charge in [0.2, 0.25) is 0 Å². The van der Waals surface area contributed by atoms with Crippen LogP contribution in [0.3, 0.4) is 0 Å². The van der Waals surface area contributed by atoms with E-state index in [1.54, 1.807) is 24.3 Å². The van der Waals surface area contributed by atoms with Gasteiger partial charge in [-0.1, -0.05) is 11.6 Å². The smallest absolute Gasteiger partial charge is 0.274 e. The molecule has 3 aromatic rings. The van der Waals surface area contributed by atoms with E-state index in [-0.39, 0.29) is 16.8 Å². The number of nitrogens with one attached hydrogen (secondary N) is 1. The number of anilines is 1. The molecule has 168 valence electrons. The molecule has 2 fully saturated rings.